The fourth-order valence-corrected chi connectivity index (χ4v) is 2.48. The van der Waals surface area contributed by atoms with Gasteiger partial charge in [-0.1, -0.05) is 0 Å². The van der Waals surface area contributed by atoms with Gasteiger partial charge < -0.3 is 10.4 Å². The molecule has 0 amide bonds. The van der Waals surface area contributed by atoms with Gasteiger partial charge in [-0.25, -0.2) is 0 Å². The molecule has 1 heterocycles. The predicted molar refractivity (Wildman–Crippen MR) is 68.4 cm³/mol. The number of pyridine rings is 1. The number of aliphatic hydroxyl groups excluding tert-OH is 1. The minimum atomic E-state index is -0.0659. The molecule has 16 heavy (non-hydrogen) atoms. The highest BCUT2D eigenvalue weighted by atomic mass is 79.9. The van der Waals surface area contributed by atoms with Crippen molar-refractivity contribution in [2.75, 3.05) is 11.9 Å². The van der Waals surface area contributed by atoms with E-state index in [1.165, 1.54) is 0 Å². The molecular formula is C12H17BrN2O. The molecule has 3 nitrogen and oxygen atoms in total. The van der Waals surface area contributed by atoms with Crippen molar-refractivity contribution in [2.45, 2.75) is 31.8 Å². The molecule has 0 spiro atoms. The van der Waals surface area contributed by atoms with Crippen molar-refractivity contribution in [1.29, 1.82) is 0 Å². The molecule has 0 saturated heterocycles. The summed E-state index contributed by atoms with van der Waals surface area (Å²) in [6.07, 6.45) is 7.69. The third-order valence-electron chi connectivity index (χ3n) is 3.12. The Morgan fingerprint density at radius 2 is 2.06 bits per heavy atom. The SMILES string of the molecule is OC1CCC(CNc2cncc(Br)c2)CC1. The summed E-state index contributed by atoms with van der Waals surface area (Å²) >= 11 is 3.40. The van der Waals surface area contributed by atoms with Gasteiger partial charge in [-0.2, -0.15) is 0 Å². The summed E-state index contributed by atoms with van der Waals surface area (Å²) in [5, 5.41) is 12.8. The van der Waals surface area contributed by atoms with Crippen molar-refractivity contribution < 1.29 is 5.11 Å². The van der Waals surface area contributed by atoms with E-state index < -0.39 is 0 Å². The van der Waals surface area contributed by atoms with Gasteiger partial charge in [0.25, 0.3) is 0 Å². The molecular weight excluding hydrogens is 268 g/mol. The van der Waals surface area contributed by atoms with E-state index >= 15 is 0 Å². The Morgan fingerprint density at radius 1 is 1.31 bits per heavy atom. The number of nitrogens with one attached hydrogen (secondary N) is 1. The molecule has 0 atom stereocenters. The fourth-order valence-electron chi connectivity index (χ4n) is 2.12. The first kappa shape index (κ1) is 11.9. The third kappa shape index (κ3) is 3.46. The first-order valence-electron chi connectivity index (χ1n) is 5.76. The van der Waals surface area contributed by atoms with Gasteiger partial charge in [0, 0.05) is 17.2 Å². The Kier molecular flexibility index (Phi) is 4.18. The Labute approximate surface area is 104 Å². The second-order valence-corrected chi connectivity index (χ2v) is 5.36. The summed E-state index contributed by atoms with van der Waals surface area (Å²) in [5.41, 5.74) is 1.06. The number of hydrogen-bond donors (Lipinski definition) is 2. The Bertz CT molecular complexity index is 338. The zero-order valence-electron chi connectivity index (χ0n) is 9.19. The van der Waals surface area contributed by atoms with Gasteiger partial charge >= 0.3 is 0 Å². The molecule has 1 aromatic rings. The maximum absolute atomic E-state index is 9.41. The lowest BCUT2D eigenvalue weighted by atomic mass is 9.87. The molecule has 0 unspecified atom stereocenters. The van der Waals surface area contributed by atoms with E-state index in [0.717, 1.165) is 42.4 Å². The molecule has 88 valence electrons. The Balaban J connectivity index is 1.79. The van der Waals surface area contributed by atoms with Crippen LogP contribution in [0.15, 0.2) is 22.9 Å². The average molecular weight is 285 g/mol. The van der Waals surface area contributed by atoms with Crippen LogP contribution in [0.5, 0.6) is 0 Å². The van der Waals surface area contributed by atoms with E-state index in [4.69, 9.17) is 0 Å². The number of anilines is 1. The summed E-state index contributed by atoms with van der Waals surface area (Å²) in [6, 6.07) is 2.03. The zero-order valence-corrected chi connectivity index (χ0v) is 10.8. The van der Waals surface area contributed by atoms with Gasteiger partial charge in [0.2, 0.25) is 0 Å². The van der Waals surface area contributed by atoms with Crippen LogP contribution in [0.4, 0.5) is 5.69 Å². The molecule has 1 aromatic heterocycles. The van der Waals surface area contributed by atoms with Crippen LogP contribution >= 0.6 is 15.9 Å². The van der Waals surface area contributed by atoms with E-state index in [9.17, 15) is 5.11 Å². The first-order valence-corrected chi connectivity index (χ1v) is 6.56. The Hall–Kier alpha value is -0.610. The van der Waals surface area contributed by atoms with E-state index in [1.807, 2.05) is 12.3 Å². The second-order valence-electron chi connectivity index (χ2n) is 4.45. The number of halogens is 1. The van der Waals surface area contributed by atoms with Crippen molar-refractivity contribution in [3.05, 3.63) is 22.9 Å². The van der Waals surface area contributed by atoms with Gasteiger partial charge in [0.05, 0.1) is 18.0 Å². The quantitative estimate of drug-likeness (QED) is 0.897. The summed E-state index contributed by atoms with van der Waals surface area (Å²) in [4.78, 5) is 4.11. The van der Waals surface area contributed by atoms with Crippen molar-refractivity contribution >= 4 is 21.6 Å². The minimum Gasteiger partial charge on any atom is -0.393 e. The van der Waals surface area contributed by atoms with E-state index in [0.29, 0.717) is 5.92 Å². The molecule has 0 aromatic carbocycles. The molecule has 1 aliphatic rings. The molecule has 2 rings (SSSR count). The van der Waals surface area contributed by atoms with Crippen LogP contribution in [-0.4, -0.2) is 22.7 Å². The highest BCUT2D eigenvalue weighted by molar-refractivity contribution is 9.10. The monoisotopic (exact) mass is 284 g/mol. The summed E-state index contributed by atoms with van der Waals surface area (Å²) in [5.74, 6) is 0.683. The zero-order chi connectivity index (χ0) is 11.4. The lowest BCUT2D eigenvalue weighted by Crippen LogP contribution is -2.23. The van der Waals surface area contributed by atoms with Crippen molar-refractivity contribution in [2.24, 2.45) is 5.92 Å². The summed E-state index contributed by atoms with van der Waals surface area (Å²) < 4.78 is 0.997. The Morgan fingerprint density at radius 3 is 2.75 bits per heavy atom. The van der Waals surface area contributed by atoms with Crippen LogP contribution in [0.3, 0.4) is 0 Å². The minimum absolute atomic E-state index is 0.0659. The van der Waals surface area contributed by atoms with Crippen molar-refractivity contribution in [3.8, 4) is 0 Å². The topological polar surface area (TPSA) is 45.1 Å². The third-order valence-corrected chi connectivity index (χ3v) is 3.55. The molecule has 4 heteroatoms. The fraction of sp³-hybridized carbons (Fsp3) is 0.583. The van der Waals surface area contributed by atoms with Crippen LogP contribution in [0.1, 0.15) is 25.7 Å². The maximum Gasteiger partial charge on any atom is 0.0540 e. The molecule has 0 radical (unpaired) electrons. The van der Waals surface area contributed by atoms with Gasteiger partial charge in [0.15, 0.2) is 0 Å². The number of aliphatic hydroxyl groups is 1. The van der Waals surface area contributed by atoms with Gasteiger partial charge in [0.1, 0.15) is 0 Å². The van der Waals surface area contributed by atoms with Crippen molar-refractivity contribution in [1.82, 2.24) is 4.98 Å². The normalized spacial score (nSPS) is 25.4. The number of hydrogen-bond acceptors (Lipinski definition) is 3. The lowest BCUT2D eigenvalue weighted by molar-refractivity contribution is 0.111. The molecule has 0 bridgehead atoms. The van der Waals surface area contributed by atoms with Gasteiger partial charge in [-0.15, -0.1) is 0 Å². The highest BCUT2D eigenvalue weighted by Gasteiger charge is 2.18. The van der Waals surface area contributed by atoms with E-state index in [2.05, 4.69) is 26.2 Å². The van der Waals surface area contributed by atoms with E-state index in [1.54, 1.807) is 6.20 Å². The average Bonchev–Trinajstić information content (AvgIpc) is 2.28. The van der Waals surface area contributed by atoms with Crippen LogP contribution < -0.4 is 5.32 Å². The first-order chi connectivity index (χ1) is 7.74. The number of rotatable bonds is 3. The molecule has 2 N–H and O–H groups in total. The molecule has 0 aliphatic heterocycles. The summed E-state index contributed by atoms with van der Waals surface area (Å²) in [6.45, 7) is 0.977. The van der Waals surface area contributed by atoms with Crippen LogP contribution in [0.2, 0.25) is 0 Å². The smallest absolute Gasteiger partial charge is 0.0540 e. The number of aromatic nitrogens is 1. The van der Waals surface area contributed by atoms with Crippen LogP contribution in [0, 0.1) is 5.92 Å². The lowest BCUT2D eigenvalue weighted by Gasteiger charge is -2.25. The predicted octanol–water partition coefficient (Wildman–Crippen LogP) is 2.81. The standard InChI is InChI=1S/C12H17BrN2O/c13-10-5-11(8-14-7-10)15-6-9-1-3-12(16)4-2-9/h5,7-9,12,15-16H,1-4,6H2. The number of nitrogens with zero attached hydrogens (tertiary/aromatic N) is 1. The second kappa shape index (κ2) is 5.64. The largest absolute Gasteiger partial charge is 0.393 e. The van der Waals surface area contributed by atoms with Crippen LogP contribution in [-0.2, 0) is 0 Å². The van der Waals surface area contributed by atoms with Crippen molar-refractivity contribution in [3.63, 3.8) is 0 Å². The molecule has 1 saturated carbocycles. The molecule has 1 fully saturated rings. The molecule has 1 aliphatic carbocycles. The summed E-state index contributed by atoms with van der Waals surface area (Å²) in [7, 11) is 0. The van der Waals surface area contributed by atoms with E-state index in [-0.39, 0.29) is 6.10 Å². The van der Waals surface area contributed by atoms with Gasteiger partial charge in [-0.05, 0) is 53.6 Å². The van der Waals surface area contributed by atoms with Crippen LogP contribution in [0.25, 0.3) is 0 Å². The van der Waals surface area contributed by atoms with Gasteiger partial charge in [-0.3, -0.25) is 4.98 Å². The highest BCUT2D eigenvalue weighted by Crippen LogP contribution is 2.24. The maximum atomic E-state index is 9.41.